The molecule has 122 valence electrons. The summed E-state index contributed by atoms with van der Waals surface area (Å²) >= 11 is 0. The van der Waals surface area contributed by atoms with Crippen LogP contribution in [0.15, 0.2) is 40.5 Å². The number of pyridine rings is 1. The fourth-order valence-corrected chi connectivity index (χ4v) is 2.31. The molecule has 24 heavy (non-hydrogen) atoms. The van der Waals surface area contributed by atoms with Gasteiger partial charge in [0.1, 0.15) is 0 Å². The molecule has 0 fully saturated rings. The van der Waals surface area contributed by atoms with E-state index in [9.17, 15) is 9.90 Å². The molecule has 7 nitrogen and oxygen atoms in total. The smallest absolute Gasteiger partial charge is 0.347 e. The van der Waals surface area contributed by atoms with Gasteiger partial charge in [-0.1, -0.05) is 6.58 Å². The summed E-state index contributed by atoms with van der Waals surface area (Å²) in [6.07, 6.45) is 6.19. The maximum Gasteiger partial charge on any atom is 0.347 e. The van der Waals surface area contributed by atoms with Gasteiger partial charge in [0.15, 0.2) is 22.9 Å². The Hall–Kier alpha value is -3.35. The van der Waals surface area contributed by atoms with Crippen molar-refractivity contribution in [1.82, 2.24) is 4.98 Å². The van der Waals surface area contributed by atoms with E-state index >= 15 is 0 Å². The second kappa shape index (κ2) is 6.41. The van der Waals surface area contributed by atoms with Gasteiger partial charge >= 0.3 is 5.97 Å². The summed E-state index contributed by atoms with van der Waals surface area (Å²) < 4.78 is 10.5. The van der Waals surface area contributed by atoms with Crippen LogP contribution in [-0.4, -0.2) is 28.9 Å². The third-order valence-electron chi connectivity index (χ3n) is 3.33. The van der Waals surface area contributed by atoms with Crippen molar-refractivity contribution >= 4 is 35.5 Å². The molecule has 3 heterocycles. The van der Waals surface area contributed by atoms with E-state index in [0.717, 1.165) is 5.56 Å². The van der Waals surface area contributed by atoms with Gasteiger partial charge in [0.2, 0.25) is 5.88 Å². The van der Waals surface area contributed by atoms with Crippen LogP contribution in [0, 0.1) is 0 Å². The molecule has 0 spiro atoms. The molecular weight excluding hydrogens is 310 g/mol. The van der Waals surface area contributed by atoms with E-state index in [1.165, 1.54) is 6.20 Å². The number of allylic oxidation sites excluding steroid dienone is 1. The molecule has 0 saturated heterocycles. The molecule has 2 aromatic heterocycles. The van der Waals surface area contributed by atoms with Crippen molar-refractivity contribution < 1.29 is 19.1 Å². The summed E-state index contributed by atoms with van der Waals surface area (Å²) in [7, 11) is 0. The largest absolute Gasteiger partial charge is 0.504 e. The highest BCUT2D eigenvalue weighted by molar-refractivity contribution is 6.21. The standard InChI is InChI=1S/C17H15N3O4/c1-3-18-16-13(17(22)23-4-2)14(21)12(24-16)8-10-9-20-15-11(10)6-5-7-19-15/h3,5-9,18,21H,1,4H2,2H3. The molecular formula is C17H15N3O4. The van der Waals surface area contributed by atoms with Crippen LogP contribution in [0.4, 0.5) is 11.7 Å². The van der Waals surface area contributed by atoms with Crippen molar-refractivity contribution in [2.45, 2.75) is 6.92 Å². The molecule has 2 aromatic rings. The molecule has 1 aliphatic rings. The van der Waals surface area contributed by atoms with E-state index in [2.05, 4.69) is 21.9 Å². The Kier molecular flexibility index (Phi) is 4.15. The van der Waals surface area contributed by atoms with Crippen molar-refractivity contribution in [3.63, 3.8) is 0 Å². The van der Waals surface area contributed by atoms with E-state index in [4.69, 9.17) is 9.15 Å². The number of aromatic hydroxyl groups is 1. The lowest BCUT2D eigenvalue weighted by molar-refractivity contribution is 0.0524. The van der Waals surface area contributed by atoms with Crippen molar-refractivity contribution in [3.8, 4) is 5.75 Å². The Morgan fingerprint density at radius 1 is 1.54 bits per heavy atom. The fraction of sp³-hybridized carbons (Fsp3) is 0.118. The highest BCUT2D eigenvalue weighted by Crippen LogP contribution is 2.38. The summed E-state index contributed by atoms with van der Waals surface area (Å²) in [5.74, 6) is -0.231. The number of aromatic nitrogens is 1. The van der Waals surface area contributed by atoms with Crippen LogP contribution in [0.3, 0.4) is 0 Å². The molecule has 0 saturated carbocycles. The van der Waals surface area contributed by atoms with E-state index in [1.807, 2.05) is 6.07 Å². The molecule has 0 radical (unpaired) electrons. The molecule has 1 aliphatic heterocycles. The van der Waals surface area contributed by atoms with Crippen LogP contribution in [-0.2, 0) is 4.74 Å². The Morgan fingerprint density at radius 2 is 2.38 bits per heavy atom. The second-order valence-electron chi connectivity index (χ2n) is 4.82. The summed E-state index contributed by atoms with van der Waals surface area (Å²) in [5.41, 5.74) is 1.44. The van der Waals surface area contributed by atoms with Gasteiger partial charge < -0.3 is 19.6 Å². The topological polar surface area (TPSA) is 97.0 Å². The lowest BCUT2D eigenvalue weighted by Gasteiger charge is -2.01. The zero-order valence-electron chi connectivity index (χ0n) is 12.9. The summed E-state index contributed by atoms with van der Waals surface area (Å²) in [6, 6.07) is 3.65. The first kappa shape index (κ1) is 15.5. The third-order valence-corrected chi connectivity index (χ3v) is 3.33. The fourth-order valence-electron chi connectivity index (χ4n) is 2.31. The Balaban J connectivity index is 2.05. The number of rotatable bonds is 5. The number of ether oxygens (including phenoxy) is 1. The van der Waals surface area contributed by atoms with Gasteiger partial charge in [-0.25, -0.2) is 14.8 Å². The molecule has 7 heteroatoms. The van der Waals surface area contributed by atoms with Crippen LogP contribution in [0.25, 0.3) is 11.6 Å². The third kappa shape index (κ3) is 2.67. The molecule has 3 rings (SSSR count). The number of furan rings is 1. The maximum absolute atomic E-state index is 12.0. The Bertz CT molecular complexity index is 865. The number of carbonyl (C=O) groups is 1. The predicted molar refractivity (Wildman–Crippen MR) is 90.4 cm³/mol. The van der Waals surface area contributed by atoms with Crippen molar-refractivity contribution in [2.24, 2.45) is 4.99 Å². The number of nitrogens with zero attached hydrogens (tertiary/aromatic N) is 2. The van der Waals surface area contributed by atoms with Crippen molar-refractivity contribution in [2.75, 3.05) is 11.9 Å². The predicted octanol–water partition coefficient (Wildman–Crippen LogP) is 3.37. The van der Waals surface area contributed by atoms with Gasteiger partial charge in [0.25, 0.3) is 0 Å². The van der Waals surface area contributed by atoms with Crippen LogP contribution >= 0.6 is 0 Å². The van der Waals surface area contributed by atoms with Gasteiger partial charge in [-0.3, -0.25) is 0 Å². The summed E-state index contributed by atoms with van der Waals surface area (Å²) in [6.45, 7) is 5.38. The van der Waals surface area contributed by atoms with Gasteiger partial charge in [-0.2, -0.15) is 0 Å². The molecule has 0 aromatic carbocycles. The van der Waals surface area contributed by atoms with Crippen LogP contribution < -0.4 is 5.32 Å². The molecule has 0 amide bonds. The normalized spacial score (nSPS) is 13.8. The van der Waals surface area contributed by atoms with Crippen LogP contribution in [0.5, 0.6) is 5.75 Å². The Morgan fingerprint density at radius 3 is 3.12 bits per heavy atom. The second-order valence-corrected chi connectivity index (χ2v) is 4.82. The first-order valence-corrected chi connectivity index (χ1v) is 7.27. The number of hydrogen-bond acceptors (Lipinski definition) is 7. The van der Waals surface area contributed by atoms with Crippen molar-refractivity contribution in [1.29, 1.82) is 0 Å². The number of hydrogen-bond donors (Lipinski definition) is 2. The first-order valence-electron chi connectivity index (χ1n) is 7.27. The number of anilines is 1. The lowest BCUT2D eigenvalue weighted by Crippen LogP contribution is -2.06. The minimum atomic E-state index is -0.685. The number of esters is 1. The van der Waals surface area contributed by atoms with Crippen LogP contribution in [0.2, 0.25) is 0 Å². The first-order chi connectivity index (χ1) is 11.7. The highest BCUT2D eigenvalue weighted by atomic mass is 16.5. The monoisotopic (exact) mass is 325 g/mol. The molecule has 0 unspecified atom stereocenters. The minimum absolute atomic E-state index is 0.0640. The quantitative estimate of drug-likeness (QED) is 0.818. The van der Waals surface area contributed by atoms with E-state index in [1.54, 1.807) is 31.5 Å². The zero-order chi connectivity index (χ0) is 17.1. The number of nitrogens with one attached hydrogen (secondary N) is 1. The van der Waals surface area contributed by atoms with Gasteiger partial charge in [-0.05, 0) is 31.3 Å². The Labute approximate surface area is 138 Å². The summed E-state index contributed by atoms with van der Waals surface area (Å²) in [5, 5.41) is 13.0. The summed E-state index contributed by atoms with van der Waals surface area (Å²) in [4.78, 5) is 20.4. The van der Waals surface area contributed by atoms with E-state index in [0.29, 0.717) is 11.4 Å². The minimum Gasteiger partial charge on any atom is -0.504 e. The van der Waals surface area contributed by atoms with Gasteiger partial charge in [-0.15, -0.1) is 0 Å². The molecule has 2 N–H and O–H groups in total. The van der Waals surface area contributed by atoms with Crippen molar-refractivity contribution in [3.05, 3.63) is 48.0 Å². The van der Waals surface area contributed by atoms with E-state index < -0.39 is 5.97 Å². The SMILES string of the molecule is C=CNc1oc(C=C2C=Nc3ncccc32)c(O)c1C(=O)OCC. The number of fused-ring (bicyclic) bond motifs is 1. The number of carbonyl (C=O) groups excluding carboxylic acids is 1. The molecule has 0 aliphatic carbocycles. The van der Waals surface area contributed by atoms with Gasteiger partial charge in [0.05, 0.1) is 6.61 Å². The van der Waals surface area contributed by atoms with Gasteiger partial charge in [0, 0.05) is 23.5 Å². The zero-order valence-corrected chi connectivity index (χ0v) is 12.9. The highest BCUT2D eigenvalue weighted by Gasteiger charge is 2.26. The molecule has 0 bridgehead atoms. The van der Waals surface area contributed by atoms with E-state index in [-0.39, 0.29) is 29.6 Å². The average Bonchev–Trinajstić information content (AvgIpc) is 3.11. The lowest BCUT2D eigenvalue weighted by atomic mass is 10.1. The number of aliphatic imine (C=N–C) groups is 1. The maximum atomic E-state index is 12.0. The van der Waals surface area contributed by atoms with Crippen LogP contribution in [0.1, 0.15) is 28.6 Å². The average molecular weight is 325 g/mol. The molecule has 0 atom stereocenters.